The molecule has 0 aliphatic carbocycles. The topological polar surface area (TPSA) is 48.2 Å². The number of hydrogen-bond donors (Lipinski definition) is 1. The summed E-state index contributed by atoms with van der Waals surface area (Å²) in [6, 6.07) is 2.21. The van der Waals surface area contributed by atoms with Crippen molar-refractivity contribution in [1.29, 1.82) is 5.26 Å². The van der Waals surface area contributed by atoms with Crippen LogP contribution in [-0.4, -0.2) is 13.3 Å². The predicted octanol–water partition coefficient (Wildman–Crippen LogP) is 1.13. The average Bonchev–Trinajstić information content (AvgIpc) is 2.00. The van der Waals surface area contributed by atoms with Crippen LogP contribution in [0, 0.1) is 16.7 Å². The van der Waals surface area contributed by atoms with Gasteiger partial charge in [0.25, 0.3) is 0 Å². The van der Waals surface area contributed by atoms with Gasteiger partial charge in [0.15, 0.2) is 0 Å². The molecule has 1 atom stereocenters. The highest BCUT2D eigenvalue weighted by molar-refractivity contribution is 5.22. The first-order chi connectivity index (χ1) is 4.68. The Morgan fingerprint density at radius 1 is 1.80 bits per heavy atom. The molecule has 0 aromatic rings. The van der Waals surface area contributed by atoms with E-state index in [2.05, 4.69) is 23.3 Å². The highest BCUT2D eigenvalue weighted by Gasteiger charge is 2.20. The summed E-state index contributed by atoms with van der Waals surface area (Å²) in [6.07, 6.45) is 0.825. The molecule has 0 heterocycles. The van der Waals surface area contributed by atoms with Gasteiger partial charge in [-0.05, 0) is 13.3 Å². The minimum absolute atomic E-state index is 0.304. The van der Waals surface area contributed by atoms with E-state index >= 15 is 0 Å². The summed E-state index contributed by atoms with van der Waals surface area (Å²) < 4.78 is 0. The van der Waals surface area contributed by atoms with Crippen molar-refractivity contribution in [1.82, 2.24) is 5.43 Å². The number of rotatable bonds is 4. The van der Waals surface area contributed by atoms with E-state index in [0.717, 1.165) is 6.42 Å². The molecule has 0 amide bonds. The molecule has 0 saturated carbocycles. The molecule has 0 rings (SSSR count). The highest BCUT2D eigenvalue weighted by atomic mass is 15.3. The van der Waals surface area contributed by atoms with Gasteiger partial charge in [-0.1, -0.05) is 6.92 Å². The van der Waals surface area contributed by atoms with Crippen molar-refractivity contribution in [3.05, 3.63) is 0 Å². The number of nitrogens with zero attached hydrogens (tertiary/aromatic N) is 2. The minimum atomic E-state index is -0.304. The lowest BCUT2D eigenvalue weighted by atomic mass is 9.90. The second-order valence-electron chi connectivity index (χ2n) is 2.52. The highest BCUT2D eigenvalue weighted by Crippen LogP contribution is 2.17. The average molecular weight is 139 g/mol. The van der Waals surface area contributed by atoms with E-state index in [1.807, 2.05) is 13.8 Å². The van der Waals surface area contributed by atoms with E-state index < -0.39 is 0 Å². The Hall–Kier alpha value is -1.04. The first-order valence-electron chi connectivity index (χ1n) is 3.28. The maximum absolute atomic E-state index is 8.66. The van der Waals surface area contributed by atoms with Gasteiger partial charge in [-0.3, -0.25) is 0 Å². The van der Waals surface area contributed by atoms with Gasteiger partial charge in [-0.25, -0.2) is 0 Å². The van der Waals surface area contributed by atoms with Crippen molar-refractivity contribution in [3.8, 4) is 6.07 Å². The second kappa shape index (κ2) is 3.89. The van der Waals surface area contributed by atoms with Crippen molar-refractivity contribution in [2.24, 2.45) is 10.5 Å². The zero-order valence-electron chi connectivity index (χ0n) is 6.52. The number of nitriles is 1. The Balaban J connectivity index is 3.83. The SMILES string of the molecule is C=NNCC(C)(C#N)CC. The zero-order valence-corrected chi connectivity index (χ0v) is 6.52. The third kappa shape index (κ3) is 2.49. The zero-order chi connectivity index (χ0) is 8.04. The van der Waals surface area contributed by atoms with Crippen LogP contribution in [0.3, 0.4) is 0 Å². The van der Waals surface area contributed by atoms with Gasteiger partial charge in [0.05, 0.1) is 18.0 Å². The van der Waals surface area contributed by atoms with Crippen LogP contribution in [-0.2, 0) is 0 Å². The van der Waals surface area contributed by atoms with Crippen molar-refractivity contribution in [2.75, 3.05) is 6.54 Å². The van der Waals surface area contributed by atoms with Crippen LogP contribution in [0.2, 0.25) is 0 Å². The van der Waals surface area contributed by atoms with Gasteiger partial charge >= 0.3 is 0 Å². The van der Waals surface area contributed by atoms with Gasteiger partial charge < -0.3 is 5.43 Å². The van der Waals surface area contributed by atoms with E-state index in [1.165, 1.54) is 0 Å². The molecule has 10 heavy (non-hydrogen) atoms. The van der Waals surface area contributed by atoms with Gasteiger partial charge in [0.2, 0.25) is 0 Å². The fourth-order valence-corrected chi connectivity index (χ4v) is 0.474. The first kappa shape index (κ1) is 8.96. The summed E-state index contributed by atoms with van der Waals surface area (Å²) >= 11 is 0. The molecule has 0 aliphatic heterocycles. The quantitative estimate of drug-likeness (QED) is 0.469. The molecule has 0 fully saturated rings. The molecule has 0 spiro atoms. The summed E-state index contributed by atoms with van der Waals surface area (Å²) in [5.41, 5.74) is 2.38. The largest absolute Gasteiger partial charge is 0.309 e. The van der Waals surface area contributed by atoms with Crippen LogP contribution in [0.15, 0.2) is 5.10 Å². The summed E-state index contributed by atoms with van der Waals surface area (Å²) in [6.45, 7) is 7.71. The number of hydrazone groups is 1. The number of nitrogens with one attached hydrogen (secondary N) is 1. The molecule has 3 heteroatoms. The maximum atomic E-state index is 8.66. The molecular weight excluding hydrogens is 126 g/mol. The Labute approximate surface area is 61.7 Å². The van der Waals surface area contributed by atoms with Gasteiger partial charge in [-0.15, -0.1) is 0 Å². The lowest BCUT2D eigenvalue weighted by molar-refractivity contribution is 0.398. The molecule has 3 nitrogen and oxygen atoms in total. The van der Waals surface area contributed by atoms with Crippen LogP contribution < -0.4 is 5.43 Å². The van der Waals surface area contributed by atoms with Crippen LogP contribution in [0.1, 0.15) is 20.3 Å². The molecule has 1 N–H and O–H groups in total. The minimum Gasteiger partial charge on any atom is -0.309 e. The Morgan fingerprint density at radius 2 is 2.40 bits per heavy atom. The predicted molar refractivity (Wildman–Crippen MR) is 41.6 cm³/mol. The van der Waals surface area contributed by atoms with E-state index in [0.29, 0.717) is 6.54 Å². The number of hydrogen-bond acceptors (Lipinski definition) is 3. The van der Waals surface area contributed by atoms with Crippen molar-refractivity contribution in [2.45, 2.75) is 20.3 Å². The van der Waals surface area contributed by atoms with Gasteiger partial charge in [0.1, 0.15) is 0 Å². The van der Waals surface area contributed by atoms with Crippen molar-refractivity contribution in [3.63, 3.8) is 0 Å². The van der Waals surface area contributed by atoms with Gasteiger partial charge in [0, 0.05) is 6.72 Å². The van der Waals surface area contributed by atoms with E-state index in [-0.39, 0.29) is 5.41 Å². The molecular formula is C7H13N3. The molecule has 1 unspecified atom stereocenters. The fourth-order valence-electron chi connectivity index (χ4n) is 0.474. The van der Waals surface area contributed by atoms with Crippen LogP contribution in [0.4, 0.5) is 0 Å². The van der Waals surface area contributed by atoms with E-state index in [1.54, 1.807) is 0 Å². The summed E-state index contributed by atoms with van der Waals surface area (Å²) in [5, 5.41) is 12.1. The van der Waals surface area contributed by atoms with E-state index in [4.69, 9.17) is 5.26 Å². The summed E-state index contributed by atoms with van der Waals surface area (Å²) in [4.78, 5) is 0. The van der Waals surface area contributed by atoms with Gasteiger partial charge in [-0.2, -0.15) is 10.4 Å². The smallest absolute Gasteiger partial charge is 0.0732 e. The summed E-state index contributed by atoms with van der Waals surface area (Å²) in [5.74, 6) is 0. The molecule has 0 radical (unpaired) electrons. The molecule has 56 valence electrons. The normalized spacial score (nSPS) is 14.9. The third-order valence-corrected chi connectivity index (χ3v) is 1.63. The molecule has 0 aromatic heterocycles. The second-order valence-corrected chi connectivity index (χ2v) is 2.52. The third-order valence-electron chi connectivity index (χ3n) is 1.63. The first-order valence-corrected chi connectivity index (χ1v) is 3.28. The Morgan fingerprint density at radius 3 is 2.70 bits per heavy atom. The maximum Gasteiger partial charge on any atom is 0.0732 e. The van der Waals surface area contributed by atoms with Crippen molar-refractivity contribution >= 4 is 6.72 Å². The van der Waals surface area contributed by atoms with E-state index in [9.17, 15) is 0 Å². The Bertz CT molecular complexity index is 147. The van der Waals surface area contributed by atoms with Crippen LogP contribution in [0.5, 0.6) is 0 Å². The lowest BCUT2D eigenvalue weighted by Crippen LogP contribution is -2.26. The lowest BCUT2D eigenvalue weighted by Gasteiger charge is -2.17. The molecule has 0 aliphatic rings. The van der Waals surface area contributed by atoms with Crippen molar-refractivity contribution < 1.29 is 0 Å². The summed E-state index contributed by atoms with van der Waals surface area (Å²) in [7, 11) is 0. The Kier molecular flexibility index (Phi) is 3.48. The van der Waals surface area contributed by atoms with Crippen LogP contribution in [0.25, 0.3) is 0 Å². The monoisotopic (exact) mass is 139 g/mol. The molecule has 0 bridgehead atoms. The fraction of sp³-hybridized carbons (Fsp3) is 0.714. The molecule has 0 aromatic carbocycles. The standard InChI is InChI=1S/C7H13N3/c1-4-7(2,5-8)6-10-9-3/h10H,3-4,6H2,1-2H3. The molecule has 0 saturated heterocycles. The van der Waals surface area contributed by atoms with Crippen LogP contribution >= 0.6 is 0 Å².